The monoisotopic (exact) mass is 267 g/mol. The summed E-state index contributed by atoms with van der Waals surface area (Å²) < 4.78 is 0. The molecule has 2 aromatic rings. The number of anilines is 1. The molecule has 0 unspecified atom stereocenters. The fourth-order valence-corrected chi connectivity index (χ4v) is 1.81. The summed E-state index contributed by atoms with van der Waals surface area (Å²) in [6.07, 6.45) is 1.60. The highest BCUT2D eigenvalue weighted by Crippen LogP contribution is 2.15. The fraction of sp³-hybridized carbons (Fsp3) is 0.125. The first-order valence-electron chi connectivity index (χ1n) is 6.37. The van der Waals surface area contributed by atoms with Gasteiger partial charge in [0.25, 0.3) is 0 Å². The summed E-state index contributed by atoms with van der Waals surface area (Å²) >= 11 is 0. The van der Waals surface area contributed by atoms with Crippen LogP contribution >= 0.6 is 0 Å². The van der Waals surface area contributed by atoms with Gasteiger partial charge >= 0.3 is 6.03 Å². The lowest BCUT2D eigenvalue weighted by atomic mass is 10.1. The van der Waals surface area contributed by atoms with Gasteiger partial charge < -0.3 is 5.32 Å². The normalized spacial score (nSPS) is 10.5. The number of hydrogen-bond acceptors (Lipinski definition) is 2. The molecule has 0 bridgehead atoms. The summed E-state index contributed by atoms with van der Waals surface area (Å²) in [5, 5.41) is 6.66. The molecule has 0 saturated heterocycles. The number of urea groups is 1. The first kappa shape index (κ1) is 13.8. The molecule has 0 aliphatic heterocycles. The first-order valence-corrected chi connectivity index (χ1v) is 6.37. The van der Waals surface area contributed by atoms with Crippen molar-refractivity contribution in [1.82, 2.24) is 5.43 Å². The lowest BCUT2D eigenvalue weighted by Crippen LogP contribution is -2.24. The molecule has 2 amide bonds. The number of amides is 2. The molecule has 4 nitrogen and oxygen atoms in total. The van der Waals surface area contributed by atoms with Crippen LogP contribution in [0.4, 0.5) is 10.5 Å². The van der Waals surface area contributed by atoms with Crippen LogP contribution in [0.25, 0.3) is 0 Å². The molecule has 4 heteroatoms. The lowest BCUT2D eigenvalue weighted by molar-refractivity contribution is 0.252. The molecule has 0 fully saturated rings. The largest absolute Gasteiger partial charge is 0.339 e. The standard InChI is InChI=1S/C16H17N3O/c1-12-8-9-15(13(2)10-12)18-16(20)19-17-11-14-6-4-3-5-7-14/h3-11H,1-2H3,(H2,18,19,20). The van der Waals surface area contributed by atoms with Crippen molar-refractivity contribution in [3.63, 3.8) is 0 Å². The van der Waals surface area contributed by atoms with E-state index in [0.717, 1.165) is 22.4 Å². The quantitative estimate of drug-likeness (QED) is 0.649. The SMILES string of the molecule is Cc1ccc(NC(=O)NN=Cc2ccccc2)c(C)c1. The third kappa shape index (κ3) is 3.95. The van der Waals surface area contributed by atoms with E-state index < -0.39 is 0 Å². The minimum atomic E-state index is -0.357. The molecule has 0 heterocycles. The summed E-state index contributed by atoms with van der Waals surface area (Å²) in [7, 11) is 0. The van der Waals surface area contributed by atoms with Crippen molar-refractivity contribution in [2.75, 3.05) is 5.32 Å². The Bertz CT molecular complexity index is 621. The zero-order valence-electron chi connectivity index (χ0n) is 11.6. The molecule has 20 heavy (non-hydrogen) atoms. The molecule has 0 aliphatic rings. The van der Waals surface area contributed by atoms with Gasteiger partial charge in [0.15, 0.2) is 0 Å². The fourth-order valence-electron chi connectivity index (χ4n) is 1.81. The van der Waals surface area contributed by atoms with E-state index in [9.17, 15) is 4.79 Å². The van der Waals surface area contributed by atoms with E-state index in [1.807, 2.05) is 62.4 Å². The number of hydrogen-bond donors (Lipinski definition) is 2. The predicted octanol–water partition coefficient (Wildman–Crippen LogP) is 3.46. The number of hydrazone groups is 1. The van der Waals surface area contributed by atoms with Gasteiger partial charge in [-0.05, 0) is 31.0 Å². The maximum atomic E-state index is 11.7. The maximum Gasteiger partial charge on any atom is 0.339 e. The molecular weight excluding hydrogens is 250 g/mol. The lowest BCUT2D eigenvalue weighted by Gasteiger charge is -2.08. The molecule has 0 radical (unpaired) electrons. The number of benzene rings is 2. The molecule has 102 valence electrons. The van der Waals surface area contributed by atoms with Gasteiger partial charge in [-0.2, -0.15) is 5.10 Å². The second-order valence-corrected chi connectivity index (χ2v) is 4.55. The second-order valence-electron chi connectivity index (χ2n) is 4.55. The van der Waals surface area contributed by atoms with E-state index in [2.05, 4.69) is 15.8 Å². The molecule has 0 spiro atoms. The van der Waals surface area contributed by atoms with Crippen molar-refractivity contribution < 1.29 is 4.79 Å². The molecule has 0 aromatic heterocycles. The van der Waals surface area contributed by atoms with Gasteiger partial charge in [-0.1, -0.05) is 48.0 Å². The Kier molecular flexibility index (Phi) is 4.50. The van der Waals surface area contributed by atoms with Crippen LogP contribution in [0.5, 0.6) is 0 Å². The molecule has 0 aliphatic carbocycles. The summed E-state index contributed by atoms with van der Waals surface area (Å²) in [4.78, 5) is 11.7. The topological polar surface area (TPSA) is 53.5 Å². The summed E-state index contributed by atoms with van der Waals surface area (Å²) in [5.41, 5.74) is 6.33. The van der Waals surface area contributed by atoms with Crippen molar-refractivity contribution in [3.8, 4) is 0 Å². The van der Waals surface area contributed by atoms with Crippen LogP contribution in [0.3, 0.4) is 0 Å². The Balaban J connectivity index is 1.91. The number of nitrogens with zero attached hydrogens (tertiary/aromatic N) is 1. The molecule has 2 aromatic carbocycles. The number of nitrogens with one attached hydrogen (secondary N) is 2. The zero-order valence-corrected chi connectivity index (χ0v) is 11.6. The average molecular weight is 267 g/mol. The van der Waals surface area contributed by atoms with Crippen LogP contribution < -0.4 is 10.7 Å². The van der Waals surface area contributed by atoms with Crippen molar-refractivity contribution in [3.05, 3.63) is 65.2 Å². The Morgan fingerprint density at radius 1 is 1.10 bits per heavy atom. The third-order valence-electron chi connectivity index (χ3n) is 2.81. The summed E-state index contributed by atoms with van der Waals surface area (Å²) in [6, 6.07) is 15.1. The van der Waals surface area contributed by atoms with Gasteiger partial charge in [0.2, 0.25) is 0 Å². The number of rotatable bonds is 3. The Labute approximate surface area is 118 Å². The van der Waals surface area contributed by atoms with Crippen LogP contribution in [0.1, 0.15) is 16.7 Å². The minimum Gasteiger partial charge on any atom is -0.306 e. The van der Waals surface area contributed by atoms with Crippen molar-refractivity contribution >= 4 is 17.9 Å². The van der Waals surface area contributed by atoms with E-state index in [1.165, 1.54) is 0 Å². The highest BCUT2D eigenvalue weighted by atomic mass is 16.2. The van der Waals surface area contributed by atoms with E-state index in [-0.39, 0.29) is 6.03 Å². The van der Waals surface area contributed by atoms with Gasteiger partial charge in [-0.25, -0.2) is 10.2 Å². The summed E-state index contributed by atoms with van der Waals surface area (Å²) in [6.45, 7) is 3.97. The molecule has 0 saturated carbocycles. The van der Waals surface area contributed by atoms with Gasteiger partial charge in [-0.15, -0.1) is 0 Å². The van der Waals surface area contributed by atoms with Crippen LogP contribution in [0, 0.1) is 13.8 Å². The number of aryl methyl sites for hydroxylation is 2. The minimum absolute atomic E-state index is 0.357. The van der Waals surface area contributed by atoms with Gasteiger partial charge in [0.05, 0.1) is 6.21 Å². The van der Waals surface area contributed by atoms with E-state index in [1.54, 1.807) is 6.21 Å². The van der Waals surface area contributed by atoms with Crippen LogP contribution in [-0.2, 0) is 0 Å². The Morgan fingerprint density at radius 3 is 2.55 bits per heavy atom. The highest BCUT2D eigenvalue weighted by molar-refractivity contribution is 5.91. The van der Waals surface area contributed by atoms with Crippen molar-refractivity contribution in [1.29, 1.82) is 0 Å². The third-order valence-corrected chi connectivity index (χ3v) is 2.81. The molecule has 2 N–H and O–H groups in total. The maximum absolute atomic E-state index is 11.7. The van der Waals surface area contributed by atoms with Gasteiger partial charge in [0, 0.05) is 5.69 Å². The first-order chi connectivity index (χ1) is 9.65. The number of carbonyl (C=O) groups is 1. The van der Waals surface area contributed by atoms with Gasteiger partial charge in [-0.3, -0.25) is 0 Å². The van der Waals surface area contributed by atoms with E-state index >= 15 is 0 Å². The van der Waals surface area contributed by atoms with Crippen LogP contribution in [0.15, 0.2) is 53.6 Å². The Hall–Kier alpha value is -2.62. The Morgan fingerprint density at radius 2 is 1.85 bits per heavy atom. The highest BCUT2D eigenvalue weighted by Gasteiger charge is 2.02. The van der Waals surface area contributed by atoms with E-state index in [4.69, 9.17) is 0 Å². The number of carbonyl (C=O) groups excluding carboxylic acids is 1. The van der Waals surface area contributed by atoms with Crippen molar-refractivity contribution in [2.45, 2.75) is 13.8 Å². The second kappa shape index (κ2) is 6.52. The predicted molar refractivity (Wildman–Crippen MR) is 82.1 cm³/mol. The zero-order chi connectivity index (χ0) is 14.4. The molecular formula is C16H17N3O. The molecule has 2 rings (SSSR count). The summed E-state index contributed by atoms with van der Waals surface area (Å²) in [5.74, 6) is 0. The van der Waals surface area contributed by atoms with Crippen LogP contribution in [0.2, 0.25) is 0 Å². The van der Waals surface area contributed by atoms with Crippen LogP contribution in [-0.4, -0.2) is 12.2 Å². The van der Waals surface area contributed by atoms with Gasteiger partial charge in [0.1, 0.15) is 0 Å². The average Bonchev–Trinajstić information content (AvgIpc) is 2.43. The van der Waals surface area contributed by atoms with E-state index in [0.29, 0.717) is 0 Å². The van der Waals surface area contributed by atoms with Crippen molar-refractivity contribution in [2.24, 2.45) is 5.10 Å². The smallest absolute Gasteiger partial charge is 0.306 e. The molecule has 0 atom stereocenters.